The molecule has 1 fully saturated rings. The molecule has 26 heavy (non-hydrogen) atoms. The van der Waals surface area contributed by atoms with E-state index in [0.717, 1.165) is 16.9 Å². The Morgan fingerprint density at radius 2 is 2.04 bits per heavy atom. The van der Waals surface area contributed by atoms with Gasteiger partial charge in [-0.05, 0) is 36.5 Å². The van der Waals surface area contributed by atoms with Crippen molar-refractivity contribution in [2.45, 2.75) is 19.4 Å². The Morgan fingerprint density at radius 3 is 2.81 bits per heavy atom. The molecule has 134 valence electrons. The molecular weight excluding hydrogens is 352 g/mol. The van der Waals surface area contributed by atoms with Crippen molar-refractivity contribution in [3.63, 3.8) is 0 Å². The molecule has 0 radical (unpaired) electrons. The SMILES string of the molecule is Nc1ccc(Cn2cc(Nc3ncc(Cl)c(OCC4CC4)n3)cn2)cc1. The highest BCUT2D eigenvalue weighted by atomic mass is 35.5. The molecule has 1 aromatic carbocycles. The van der Waals surface area contributed by atoms with Gasteiger partial charge in [-0.3, -0.25) is 4.68 Å². The molecule has 1 saturated carbocycles. The highest BCUT2D eigenvalue weighted by molar-refractivity contribution is 6.31. The lowest BCUT2D eigenvalue weighted by Gasteiger charge is -2.08. The fraction of sp³-hybridized carbons (Fsp3) is 0.278. The van der Waals surface area contributed by atoms with E-state index in [2.05, 4.69) is 20.4 Å². The minimum Gasteiger partial charge on any atom is -0.476 e. The fourth-order valence-corrected chi connectivity index (χ4v) is 2.59. The summed E-state index contributed by atoms with van der Waals surface area (Å²) in [6.07, 6.45) is 7.57. The van der Waals surface area contributed by atoms with Gasteiger partial charge in [0.05, 0.1) is 31.2 Å². The van der Waals surface area contributed by atoms with Crippen LogP contribution in [0.1, 0.15) is 18.4 Å². The first-order valence-electron chi connectivity index (χ1n) is 8.45. The minimum atomic E-state index is 0.408. The van der Waals surface area contributed by atoms with Gasteiger partial charge < -0.3 is 15.8 Å². The summed E-state index contributed by atoms with van der Waals surface area (Å²) in [6.45, 7) is 1.30. The van der Waals surface area contributed by atoms with Gasteiger partial charge in [-0.25, -0.2) is 4.98 Å². The quantitative estimate of drug-likeness (QED) is 0.618. The van der Waals surface area contributed by atoms with Gasteiger partial charge in [0.25, 0.3) is 0 Å². The van der Waals surface area contributed by atoms with Crippen LogP contribution in [0.5, 0.6) is 5.88 Å². The van der Waals surface area contributed by atoms with Crippen molar-refractivity contribution in [1.29, 1.82) is 0 Å². The lowest BCUT2D eigenvalue weighted by molar-refractivity contribution is 0.288. The highest BCUT2D eigenvalue weighted by Gasteiger charge is 2.22. The maximum absolute atomic E-state index is 6.11. The number of anilines is 3. The summed E-state index contributed by atoms with van der Waals surface area (Å²) in [4.78, 5) is 8.54. The number of nitrogens with zero attached hydrogens (tertiary/aromatic N) is 4. The van der Waals surface area contributed by atoms with Crippen molar-refractivity contribution in [3.8, 4) is 5.88 Å². The number of hydrogen-bond acceptors (Lipinski definition) is 6. The molecule has 1 aliphatic rings. The average molecular weight is 371 g/mol. The third-order valence-corrected chi connectivity index (χ3v) is 4.34. The smallest absolute Gasteiger partial charge is 0.237 e. The van der Waals surface area contributed by atoms with E-state index in [0.29, 0.717) is 35.9 Å². The van der Waals surface area contributed by atoms with Crippen LogP contribution in [0.25, 0.3) is 0 Å². The first kappa shape index (κ1) is 16.7. The number of ether oxygens (including phenoxy) is 1. The van der Waals surface area contributed by atoms with Crippen LogP contribution in [0.4, 0.5) is 17.3 Å². The molecule has 3 N–H and O–H groups in total. The van der Waals surface area contributed by atoms with Gasteiger partial charge in [-0.1, -0.05) is 23.7 Å². The Kier molecular flexibility index (Phi) is 4.62. The maximum atomic E-state index is 6.11. The molecule has 2 heterocycles. The van der Waals surface area contributed by atoms with Crippen molar-refractivity contribution in [1.82, 2.24) is 19.7 Å². The number of rotatable bonds is 7. The van der Waals surface area contributed by atoms with Crippen LogP contribution in [0.3, 0.4) is 0 Å². The first-order valence-corrected chi connectivity index (χ1v) is 8.83. The van der Waals surface area contributed by atoms with Crippen molar-refractivity contribution in [2.75, 3.05) is 17.7 Å². The molecule has 1 aliphatic carbocycles. The van der Waals surface area contributed by atoms with E-state index in [-0.39, 0.29) is 0 Å². The van der Waals surface area contributed by atoms with Gasteiger partial charge >= 0.3 is 0 Å². The van der Waals surface area contributed by atoms with Crippen molar-refractivity contribution in [3.05, 3.63) is 53.4 Å². The Labute approximate surface area is 156 Å². The molecule has 0 bridgehead atoms. The summed E-state index contributed by atoms with van der Waals surface area (Å²) in [5, 5.41) is 7.89. The third-order valence-electron chi connectivity index (χ3n) is 4.08. The van der Waals surface area contributed by atoms with Crippen LogP contribution >= 0.6 is 11.6 Å². The second-order valence-electron chi connectivity index (χ2n) is 6.39. The summed E-state index contributed by atoms with van der Waals surface area (Å²) in [7, 11) is 0. The zero-order chi connectivity index (χ0) is 17.9. The first-order chi connectivity index (χ1) is 12.7. The maximum Gasteiger partial charge on any atom is 0.237 e. The van der Waals surface area contributed by atoms with Gasteiger partial charge in [0.15, 0.2) is 0 Å². The molecule has 0 aliphatic heterocycles. The molecule has 8 heteroatoms. The molecule has 0 unspecified atom stereocenters. The standard InChI is InChI=1S/C18H19ClN6O/c19-16-8-21-18(24-17(16)26-11-13-1-2-13)23-15-7-22-25(10-15)9-12-3-5-14(20)6-4-12/h3-8,10,13H,1-2,9,11,20H2,(H,21,23,24). The second-order valence-corrected chi connectivity index (χ2v) is 6.80. The van der Waals surface area contributed by atoms with Gasteiger partial charge in [-0.15, -0.1) is 0 Å². The molecular formula is C18H19ClN6O. The second kappa shape index (κ2) is 7.21. The third kappa shape index (κ3) is 4.23. The van der Waals surface area contributed by atoms with Gasteiger partial charge in [0.2, 0.25) is 11.8 Å². The fourth-order valence-electron chi connectivity index (χ4n) is 2.45. The van der Waals surface area contributed by atoms with E-state index in [1.54, 1.807) is 6.20 Å². The van der Waals surface area contributed by atoms with Crippen LogP contribution in [-0.2, 0) is 6.54 Å². The largest absolute Gasteiger partial charge is 0.476 e. The monoisotopic (exact) mass is 370 g/mol. The van der Waals surface area contributed by atoms with E-state index in [9.17, 15) is 0 Å². The van der Waals surface area contributed by atoms with Crippen molar-refractivity contribution < 1.29 is 4.74 Å². The lowest BCUT2D eigenvalue weighted by atomic mass is 10.2. The van der Waals surface area contributed by atoms with Crippen LogP contribution in [0, 0.1) is 5.92 Å². The summed E-state index contributed by atoms with van der Waals surface area (Å²) < 4.78 is 7.51. The van der Waals surface area contributed by atoms with Crippen LogP contribution in [0.2, 0.25) is 5.02 Å². The molecule has 0 amide bonds. The number of nitrogens with one attached hydrogen (secondary N) is 1. The van der Waals surface area contributed by atoms with Crippen molar-refractivity contribution in [2.24, 2.45) is 5.92 Å². The molecule has 0 saturated heterocycles. The number of nitrogen functional groups attached to an aromatic ring is 1. The Morgan fingerprint density at radius 1 is 1.23 bits per heavy atom. The number of hydrogen-bond donors (Lipinski definition) is 2. The Bertz CT molecular complexity index is 891. The molecule has 3 aromatic rings. The number of halogens is 1. The topological polar surface area (TPSA) is 90.9 Å². The molecule has 2 aromatic heterocycles. The minimum absolute atomic E-state index is 0.408. The van der Waals surface area contributed by atoms with E-state index in [4.69, 9.17) is 22.1 Å². The number of nitrogens with two attached hydrogens (primary N) is 1. The number of benzene rings is 1. The van der Waals surface area contributed by atoms with E-state index >= 15 is 0 Å². The average Bonchev–Trinajstić information content (AvgIpc) is 3.37. The summed E-state index contributed by atoms with van der Waals surface area (Å²) >= 11 is 6.11. The van der Waals surface area contributed by atoms with E-state index in [1.807, 2.05) is 35.1 Å². The zero-order valence-electron chi connectivity index (χ0n) is 14.1. The zero-order valence-corrected chi connectivity index (χ0v) is 14.9. The predicted octanol–water partition coefficient (Wildman–Crippen LogP) is 3.49. The number of aromatic nitrogens is 4. The van der Waals surface area contributed by atoms with Gasteiger partial charge in [0.1, 0.15) is 5.02 Å². The summed E-state index contributed by atoms with van der Waals surface area (Å²) in [5.41, 5.74) is 8.36. The van der Waals surface area contributed by atoms with Gasteiger partial charge in [-0.2, -0.15) is 10.1 Å². The summed E-state index contributed by atoms with van der Waals surface area (Å²) in [5.74, 6) is 1.46. The lowest BCUT2D eigenvalue weighted by Crippen LogP contribution is -2.04. The van der Waals surface area contributed by atoms with Crippen LogP contribution < -0.4 is 15.8 Å². The molecule has 0 spiro atoms. The molecule has 0 atom stereocenters. The Balaban J connectivity index is 1.41. The predicted molar refractivity (Wildman–Crippen MR) is 101 cm³/mol. The van der Waals surface area contributed by atoms with Crippen molar-refractivity contribution >= 4 is 28.9 Å². The molecule has 7 nitrogen and oxygen atoms in total. The Hall–Kier alpha value is -2.80. The highest BCUT2D eigenvalue weighted by Crippen LogP contribution is 2.31. The van der Waals surface area contributed by atoms with E-state index < -0.39 is 0 Å². The van der Waals surface area contributed by atoms with Gasteiger partial charge in [0, 0.05) is 11.9 Å². The molecule has 4 rings (SSSR count). The van der Waals surface area contributed by atoms with Crippen LogP contribution in [-0.4, -0.2) is 26.4 Å². The summed E-state index contributed by atoms with van der Waals surface area (Å²) in [6, 6.07) is 7.72. The van der Waals surface area contributed by atoms with Crippen LogP contribution in [0.15, 0.2) is 42.9 Å². The van der Waals surface area contributed by atoms with E-state index in [1.165, 1.54) is 19.0 Å². The normalized spacial score (nSPS) is 13.6.